The van der Waals surface area contributed by atoms with Crippen molar-refractivity contribution in [2.75, 3.05) is 32.8 Å². The minimum atomic E-state index is -0.594. The van der Waals surface area contributed by atoms with E-state index in [0.717, 1.165) is 12.1 Å². The second kappa shape index (κ2) is 7.02. The summed E-state index contributed by atoms with van der Waals surface area (Å²) in [6.07, 6.45) is 1.00. The number of carbonyl (C=O) groups is 1. The van der Waals surface area contributed by atoms with Gasteiger partial charge in [-0.25, -0.2) is 0 Å². The van der Waals surface area contributed by atoms with Gasteiger partial charge in [0.05, 0.1) is 13.2 Å². The lowest BCUT2D eigenvalue weighted by Crippen LogP contribution is -2.55. The first-order valence-electron chi connectivity index (χ1n) is 7.34. The average Bonchev–Trinajstić information content (AvgIpc) is 2.45. The number of primary amides is 1. The summed E-state index contributed by atoms with van der Waals surface area (Å²) in [7, 11) is 0. The number of carbonyl (C=O) groups excluding carboxylic acids is 1. The van der Waals surface area contributed by atoms with Crippen LogP contribution in [0.5, 0.6) is 0 Å². The van der Waals surface area contributed by atoms with E-state index in [1.807, 2.05) is 6.07 Å². The molecule has 0 unspecified atom stereocenters. The van der Waals surface area contributed by atoms with Crippen LogP contribution >= 0.6 is 0 Å². The first-order valence-corrected chi connectivity index (χ1v) is 7.34. The zero-order chi connectivity index (χ0) is 15.3. The van der Waals surface area contributed by atoms with E-state index in [1.165, 1.54) is 5.56 Å². The number of amides is 1. The van der Waals surface area contributed by atoms with Crippen LogP contribution in [-0.4, -0.2) is 54.4 Å². The number of hydrogen-bond donors (Lipinski definition) is 2. The van der Waals surface area contributed by atoms with Crippen molar-refractivity contribution in [1.29, 1.82) is 0 Å². The maximum Gasteiger partial charge on any atom is 0.218 e. The first kappa shape index (κ1) is 15.9. The lowest BCUT2D eigenvalue weighted by molar-refractivity contribution is -0.134. The number of aliphatic hydroxyl groups is 1. The normalized spacial score (nSPS) is 23.1. The lowest BCUT2D eigenvalue weighted by Gasteiger charge is -2.42. The summed E-state index contributed by atoms with van der Waals surface area (Å²) in [6.45, 7) is 4.58. The van der Waals surface area contributed by atoms with Gasteiger partial charge in [-0.3, -0.25) is 9.69 Å². The summed E-state index contributed by atoms with van der Waals surface area (Å²) < 4.78 is 5.89. The van der Waals surface area contributed by atoms with Gasteiger partial charge in [-0.2, -0.15) is 0 Å². The van der Waals surface area contributed by atoms with Gasteiger partial charge in [0, 0.05) is 32.5 Å². The van der Waals surface area contributed by atoms with Crippen molar-refractivity contribution in [2.45, 2.75) is 25.4 Å². The Hall–Kier alpha value is -1.43. The summed E-state index contributed by atoms with van der Waals surface area (Å²) in [4.78, 5) is 13.1. The quantitative estimate of drug-likeness (QED) is 0.799. The molecule has 0 spiro atoms. The van der Waals surface area contributed by atoms with Gasteiger partial charge in [0.2, 0.25) is 5.91 Å². The van der Waals surface area contributed by atoms with E-state index in [4.69, 9.17) is 10.5 Å². The number of ether oxygens (including phenoxy) is 1. The molecule has 3 N–H and O–H groups in total. The monoisotopic (exact) mass is 292 g/mol. The van der Waals surface area contributed by atoms with Crippen molar-refractivity contribution in [3.05, 3.63) is 35.4 Å². The summed E-state index contributed by atoms with van der Waals surface area (Å²) in [5.74, 6) is -0.297. The number of morpholine rings is 1. The minimum absolute atomic E-state index is 0.0337. The highest BCUT2D eigenvalue weighted by atomic mass is 16.5. The number of rotatable bonds is 6. The van der Waals surface area contributed by atoms with Crippen LogP contribution in [-0.2, 0) is 16.0 Å². The van der Waals surface area contributed by atoms with E-state index in [-0.39, 0.29) is 12.5 Å². The molecule has 0 aromatic heterocycles. The molecule has 2 rings (SSSR count). The Bertz CT molecular complexity index is 492. The van der Waals surface area contributed by atoms with E-state index in [9.17, 15) is 9.90 Å². The van der Waals surface area contributed by atoms with Crippen molar-refractivity contribution in [1.82, 2.24) is 4.90 Å². The Morgan fingerprint density at radius 3 is 3.00 bits per heavy atom. The van der Waals surface area contributed by atoms with Crippen LogP contribution in [0.2, 0.25) is 0 Å². The molecule has 5 nitrogen and oxygen atoms in total. The van der Waals surface area contributed by atoms with Gasteiger partial charge >= 0.3 is 0 Å². The Morgan fingerprint density at radius 1 is 1.52 bits per heavy atom. The highest BCUT2D eigenvalue weighted by Crippen LogP contribution is 2.23. The van der Waals surface area contributed by atoms with Crippen LogP contribution in [0.3, 0.4) is 0 Å². The fourth-order valence-corrected chi connectivity index (χ4v) is 2.84. The number of aryl methyl sites for hydroxylation is 1. The van der Waals surface area contributed by atoms with Crippen LogP contribution < -0.4 is 5.73 Å². The smallest absolute Gasteiger partial charge is 0.218 e. The second-order valence-electron chi connectivity index (χ2n) is 5.85. The largest absolute Gasteiger partial charge is 0.393 e. The zero-order valence-corrected chi connectivity index (χ0v) is 12.5. The highest BCUT2D eigenvalue weighted by Gasteiger charge is 2.36. The third-order valence-corrected chi connectivity index (χ3v) is 3.90. The van der Waals surface area contributed by atoms with Gasteiger partial charge in [-0.1, -0.05) is 29.8 Å². The first-order chi connectivity index (χ1) is 10.0. The van der Waals surface area contributed by atoms with Crippen LogP contribution in [0.25, 0.3) is 0 Å². The van der Waals surface area contributed by atoms with Gasteiger partial charge < -0.3 is 15.6 Å². The van der Waals surface area contributed by atoms with Gasteiger partial charge in [0.1, 0.15) is 5.60 Å². The molecule has 1 heterocycles. The maximum atomic E-state index is 10.9. The maximum absolute atomic E-state index is 10.9. The van der Waals surface area contributed by atoms with Crippen LogP contribution in [0.4, 0.5) is 0 Å². The molecule has 1 aliphatic rings. The van der Waals surface area contributed by atoms with Crippen LogP contribution in [0.15, 0.2) is 24.3 Å². The molecule has 0 radical (unpaired) electrons. The summed E-state index contributed by atoms with van der Waals surface area (Å²) in [5.41, 5.74) is 6.96. The third kappa shape index (κ3) is 4.52. The second-order valence-corrected chi connectivity index (χ2v) is 5.85. The number of nitrogens with two attached hydrogens (primary N) is 1. The molecule has 1 aromatic rings. The fourth-order valence-electron chi connectivity index (χ4n) is 2.84. The molecular formula is C16H24N2O3. The number of benzene rings is 1. The third-order valence-electron chi connectivity index (χ3n) is 3.90. The predicted octanol–water partition coefficient (Wildman–Crippen LogP) is 0.476. The van der Waals surface area contributed by atoms with E-state index in [1.54, 1.807) is 0 Å². The molecule has 1 aliphatic heterocycles. The Kier molecular flexibility index (Phi) is 5.33. The molecule has 0 saturated carbocycles. The summed E-state index contributed by atoms with van der Waals surface area (Å²) in [6, 6.07) is 8.23. The molecule has 0 aliphatic carbocycles. The van der Waals surface area contributed by atoms with Gasteiger partial charge in [0.25, 0.3) is 0 Å². The van der Waals surface area contributed by atoms with E-state index in [0.29, 0.717) is 32.5 Å². The average molecular weight is 292 g/mol. The van der Waals surface area contributed by atoms with Gasteiger partial charge in [-0.05, 0) is 12.5 Å². The molecule has 1 fully saturated rings. The fraction of sp³-hybridized carbons (Fsp3) is 0.562. The van der Waals surface area contributed by atoms with Gasteiger partial charge in [0.15, 0.2) is 0 Å². The predicted molar refractivity (Wildman–Crippen MR) is 80.9 cm³/mol. The number of aliphatic hydroxyl groups excluding tert-OH is 1. The topological polar surface area (TPSA) is 75.8 Å². The van der Waals surface area contributed by atoms with Crippen LogP contribution in [0, 0.1) is 6.92 Å². The molecule has 116 valence electrons. The molecular weight excluding hydrogens is 268 g/mol. The Labute approximate surface area is 125 Å². The van der Waals surface area contributed by atoms with Crippen molar-refractivity contribution < 1.29 is 14.6 Å². The molecule has 1 aromatic carbocycles. The molecule has 1 saturated heterocycles. The zero-order valence-electron chi connectivity index (χ0n) is 12.5. The molecule has 1 amide bonds. The number of nitrogens with zero attached hydrogens (tertiary/aromatic N) is 1. The van der Waals surface area contributed by atoms with Crippen molar-refractivity contribution in [3.63, 3.8) is 0 Å². The van der Waals surface area contributed by atoms with E-state index in [2.05, 4.69) is 30.0 Å². The summed E-state index contributed by atoms with van der Waals surface area (Å²) in [5, 5.41) is 9.82. The van der Waals surface area contributed by atoms with Crippen molar-refractivity contribution in [3.8, 4) is 0 Å². The summed E-state index contributed by atoms with van der Waals surface area (Å²) >= 11 is 0. The Balaban J connectivity index is 2.04. The molecule has 0 bridgehead atoms. The van der Waals surface area contributed by atoms with E-state index < -0.39 is 5.60 Å². The lowest BCUT2D eigenvalue weighted by atomic mass is 9.92. The van der Waals surface area contributed by atoms with Crippen LogP contribution in [0.1, 0.15) is 17.5 Å². The van der Waals surface area contributed by atoms with Gasteiger partial charge in [-0.15, -0.1) is 0 Å². The standard InChI is InChI=1S/C16H24N2O3/c1-13-3-2-4-14(9-13)10-16(12-19)11-18(7-8-21-16)6-5-15(17)20/h2-4,9,19H,5-8,10-12H2,1H3,(H2,17,20)/t16-/m1/s1. The SMILES string of the molecule is Cc1cccc(C[C@]2(CO)CN(CCC(N)=O)CCO2)c1. The molecule has 1 atom stereocenters. The van der Waals surface area contributed by atoms with Crippen molar-refractivity contribution >= 4 is 5.91 Å². The van der Waals surface area contributed by atoms with E-state index >= 15 is 0 Å². The molecule has 5 heteroatoms. The minimum Gasteiger partial charge on any atom is -0.393 e. The molecule has 21 heavy (non-hydrogen) atoms. The Morgan fingerprint density at radius 2 is 2.33 bits per heavy atom. The van der Waals surface area contributed by atoms with Crippen molar-refractivity contribution in [2.24, 2.45) is 5.73 Å². The highest BCUT2D eigenvalue weighted by molar-refractivity contribution is 5.73. The number of hydrogen-bond acceptors (Lipinski definition) is 4.